The van der Waals surface area contributed by atoms with Crippen LogP contribution in [0.4, 0.5) is 0 Å². The number of alkyl halides is 1. The second-order valence-electron chi connectivity index (χ2n) is 18.1. The maximum Gasteiger partial charge on any atom is 0.150 e. The van der Waals surface area contributed by atoms with Crippen molar-refractivity contribution in [2.45, 2.75) is 63.9 Å². The normalized spacial score (nSPS) is 11.1. The molecular formula is C61H60Br5OP. The highest BCUT2D eigenvalue weighted by atomic mass is 79.9. The molecule has 350 valence electrons. The Balaban J connectivity index is 0.000000214. The number of aldehydes is 1. The lowest BCUT2D eigenvalue weighted by molar-refractivity contribution is -0.0000199. The molecule has 0 aliphatic rings. The molecule has 0 saturated carbocycles. The highest BCUT2D eigenvalue weighted by Crippen LogP contribution is 2.58. The van der Waals surface area contributed by atoms with E-state index in [1.807, 2.05) is 36.4 Å². The minimum atomic E-state index is -1.81. The fourth-order valence-corrected chi connectivity index (χ4v) is 12.5. The van der Waals surface area contributed by atoms with Gasteiger partial charge in [0.2, 0.25) is 0 Å². The average molecular weight is 1240 g/mol. The van der Waals surface area contributed by atoms with E-state index in [0.29, 0.717) is 0 Å². The van der Waals surface area contributed by atoms with Crippen LogP contribution in [0.25, 0.3) is 12.2 Å². The van der Waals surface area contributed by atoms with Gasteiger partial charge in [0, 0.05) is 24.3 Å². The van der Waals surface area contributed by atoms with Crippen LogP contribution >= 0.6 is 71.0 Å². The molecular weight excluding hydrogens is 1180 g/mol. The number of hydrogen-bond donors (Lipinski definition) is 0. The molecule has 0 spiro atoms. The zero-order chi connectivity index (χ0) is 48.3. The van der Waals surface area contributed by atoms with Crippen LogP contribution in [0.15, 0.2) is 226 Å². The number of benzene rings is 8. The first-order chi connectivity index (χ1) is 32.1. The van der Waals surface area contributed by atoms with E-state index in [2.05, 4.69) is 293 Å². The van der Waals surface area contributed by atoms with Crippen molar-refractivity contribution >= 4 is 105 Å². The summed E-state index contributed by atoms with van der Waals surface area (Å²) in [5.74, 6) is 0. The van der Waals surface area contributed by atoms with E-state index >= 15 is 0 Å². The lowest BCUT2D eigenvalue weighted by Crippen LogP contribution is -3.00. The van der Waals surface area contributed by atoms with Gasteiger partial charge < -0.3 is 17.0 Å². The zero-order valence-electron chi connectivity index (χ0n) is 39.6. The monoisotopic (exact) mass is 1230 g/mol. The summed E-state index contributed by atoms with van der Waals surface area (Å²) < 4.78 is 3.36. The Morgan fingerprint density at radius 1 is 0.397 bits per heavy atom. The highest BCUT2D eigenvalue weighted by molar-refractivity contribution is 9.11. The lowest BCUT2D eigenvalue weighted by atomic mass is 9.87. The summed E-state index contributed by atoms with van der Waals surface area (Å²) in [6.45, 7) is 13.2. The first-order valence-electron chi connectivity index (χ1n) is 22.3. The summed E-state index contributed by atoms with van der Waals surface area (Å²) in [6, 6.07) is 74.9. The van der Waals surface area contributed by atoms with Gasteiger partial charge in [-0.15, -0.1) is 0 Å². The highest BCUT2D eigenvalue weighted by Gasteiger charge is 2.45. The third-order valence-electron chi connectivity index (χ3n) is 11.0. The number of hydrogen-bond acceptors (Lipinski definition) is 1. The largest absolute Gasteiger partial charge is 1.00 e. The summed E-state index contributed by atoms with van der Waals surface area (Å²) in [6.07, 6.45) is 6.17. The number of halogens is 5. The molecule has 8 aromatic carbocycles. The molecule has 0 fully saturated rings. The van der Waals surface area contributed by atoms with Crippen LogP contribution in [-0.4, -0.2) is 6.29 Å². The van der Waals surface area contributed by atoms with Crippen molar-refractivity contribution in [3.63, 3.8) is 0 Å². The summed E-state index contributed by atoms with van der Waals surface area (Å²) in [4.78, 5) is 10.4. The molecule has 0 radical (unpaired) electrons. The molecule has 0 bridgehead atoms. The molecule has 0 atom stereocenters. The predicted molar refractivity (Wildman–Crippen MR) is 309 cm³/mol. The van der Waals surface area contributed by atoms with Gasteiger partial charge in [0.25, 0.3) is 0 Å². The minimum absolute atomic E-state index is 0. The molecule has 7 heteroatoms. The molecule has 1 nitrogen and oxygen atoms in total. The van der Waals surface area contributed by atoms with Gasteiger partial charge in [-0.1, -0.05) is 257 Å². The van der Waals surface area contributed by atoms with Crippen molar-refractivity contribution in [2.75, 3.05) is 0 Å². The number of rotatable bonds is 9. The smallest absolute Gasteiger partial charge is 0.150 e. The van der Waals surface area contributed by atoms with E-state index in [0.717, 1.165) is 36.8 Å². The van der Waals surface area contributed by atoms with Crippen LogP contribution < -0.4 is 32.9 Å². The minimum Gasteiger partial charge on any atom is -1.00 e. The van der Waals surface area contributed by atoms with Gasteiger partial charge in [0.05, 0.1) is 6.16 Å². The van der Waals surface area contributed by atoms with Crippen LogP contribution in [-0.2, 0) is 22.3 Å². The van der Waals surface area contributed by atoms with Gasteiger partial charge in [0.15, 0.2) is 0 Å². The fraction of sp³-hybridized carbons (Fsp3) is 0.164. The zero-order valence-corrected chi connectivity index (χ0v) is 48.4. The molecule has 68 heavy (non-hydrogen) atoms. The van der Waals surface area contributed by atoms with Crippen LogP contribution in [0, 0.1) is 0 Å². The van der Waals surface area contributed by atoms with Gasteiger partial charge in [-0.3, -0.25) is 4.79 Å². The predicted octanol–water partition coefficient (Wildman–Crippen LogP) is 15.0. The van der Waals surface area contributed by atoms with E-state index in [9.17, 15) is 4.79 Å². The maximum absolute atomic E-state index is 10.4. The van der Waals surface area contributed by atoms with Crippen molar-refractivity contribution in [1.82, 2.24) is 0 Å². The summed E-state index contributed by atoms with van der Waals surface area (Å²) in [7, 11) is -1.81. The first kappa shape index (κ1) is 56.6. The Labute approximate surface area is 451 Å². The van der Waals surface area contributed by atoms with Crippen LogP contribution in [0.5, 0.6) is 0 Å². The van der Waals surface area contributed by atoms with Crippen LogP contribution in [0.3, 0.4) is 0 Å². The van der Waals surface area contributed by atoms with Gasteiger partial charge in [-0.05, 0) is 117 Å². The van der Waals surface area contributed by atoms with E-state index in [1.165, 1.54) is 49.3 Å². The third-order valence-corrected chi connectivity index (χ3v) is 17.6. The SMILES string of the molecule is BrCc1ccc(Br)cc1.Brc1ccc(C[P+](c2ccccc2)(c2ccccc2)c2ccccc2)cc1.CC(C)(C)c1ccc(/C=C/c2ccc(Br)cc2)cc1.CC(C)(C)c1ccc(C=O)cc1.[Br-]. The standard InChI is InChI=1S/C25H21BrP.C18H19Br.C11H14O.C7H6Br2.BrH/c26-22-18-16-21(17-19-22)20-27(23-10-4-1-5-11-23,24-12-6-2-7-13-24)25-14-8-3-9-15-25;1-18(2,3)16-10-6-14(7-11-16)4-5-15-8-12-17(19)13-9-15;1-11(2,3)10-6-4-9(8-12)5-7-10;8-5-6-1-3-7(9)4-2-6;/h1-19H,20H2;4-13H,1-3H3;4-8H,1-3H3;1-4H,5H2;1H/q+1;;;;/p-1/b;5-4+;;;. The van der Waals surface area contributed by atoms with Crippen LogP contribution in [0.2, 0.25) is 0 Å². The molecule has 0 aliphatic heterocycles. The Morgan fingerprint density at radius 2 is 0.691 bits per heavy atom. The average Bonchev–Trinajstić information content (AvgIpc) is 3.35. The maximum atomic E-state index is 10.4. The Hall–Kier alpha value is -4.00. The number of carbonyl (C=O) groups is 1. The van der Waals surface area contributed by atoms with Crippen molar-refractivity contribution < 1.29 is 21.8 Å². The molecule has 0 amide bonds. The third kappa shape index (κ3) is 17.8. The van der Waals surface area contributed by atoms with Crippen molar-refractivity contribution in [2.24, 2.45) is 0 Å². The second-order valence-corrected chi connectivity index (χ2v) is 24.9. The molecule has 8 aromatic rings. The van der Waals surface area contributed by atoms with Gasteiger partial charge in [-0.25, -0.2) is 0 Å². The van der Waals surface area contributed by atoms with E-state index in [4.69, 9.17) is 0 Å². The quantitative estimate of drug-likeness (QED) is 0.0609. The van der Waals surface area contributed by atoms with E-state index in [-0.39, 0.29) is 27.8 Å². The van der Waals surface area contributed by atoms with Crippen molar-refractivity contribution in [3.8, 4) is 0 Å². The first-order valence-corrected chi connectivity index (χ1v) is 27.8. The fourth-order valence-electron chi connectivity index (χ4n) is 7.13. The van der Waals surface area contributed by atoms with E-state index in [1.54, 1.807) is 0 Å². The Kier molecular flexibility index (Phi) is 23.3. The topological polar surface area (TPSA) is 17.1 Å². The molecule has 0 heterocycles. The van der Waals surface area contributed by atoms with Crippen molar-refractivity contribution in [1.29, 1.82) is 0 Å². The summed E-state index contributed by atoms with van der Waals surface area (Å²) in [5.41, 5.74) is 8.86. The molecule has 0 unspecified atom stereocenters. The molecule has 8 rings (SSSR count). The summed E-state index contributed by atoms with van der Waals surface area (Å²) >= 11 is 13.7. The Morgan fingerprint density at radius 3 is 1.00 bits per heavy atom. The van der Waals surface area contributed by atoms with Crippen molar-refractivity contribution in [3.05, 3.63) is 265 Å². The molecule has 0 aliphatic carbocycles. The Bertz CT molecular complexity index is 2590. The van der Waals surface area contributed by atoms with Gasteiger partial charge in [0.1, 0.15) is 29.5 Å². The molecule has 0 saturated heterocycles. The number of carbonyl (C=O) groups excluding carboxylic acids is 1. The second kappa shape index (κ2) is 28.0. The molecule has 0 N–H and O–H groups in total. The summed E-state index contributed by atoms with van der Waals surface area (Å²) in [5, 5.41) is 5.20. The van der Waals surface area contributed by atoms with Gasteiger partial charge >= 0.3 is 0 Å². The lowest BCUT2D eigenvalue weighted by Gasteiger charge is -2.27. The van der Waals surface area contributed by atoms with E-state index < -0.39 is 7.26 Å². The van der Waals surface area contributed by atoms with Crippen LogP contribution in [0.1, 0.15) is 85.3 Å². The molecule has 0 aromatic heterocycles. The van der Waals surface area contributed by atoms with Gasteiger partial charge in [-0.2, -0.15) is 0 Å².